The molecule has 4 rings (SSSR count). The summed E-state index contributed by atoms with van der Waals surface area (Å²) in [7, 11) is 0. The first-order valence-corrected chi connectivity index (χ1v) is 8.48. The first kappa shape index (κ1) is 17.4. The Bertz CT molecular complexity index is 950. The van der Waals surface area contributed by atoms with Gasteiger partial charge in [0.1, 0.15) is 24.1 Å². The van der Waals surface area contributed by atoms with Crippen LogP contribution in [0, 0.1) is 5.82 Å². The SMILES string of the molecule is NC(c1ccc(Cl)c(F)c1)C1OC(n2ccc3cnccc32)C(O)C1O. The standard InChI is InChI=1S/C18H17ClFN3O3/c19-11-2-1-9(7-12(11)20)14(21)17-15(24)16(25)18(26-17)23-6-4-10-8-22-5-3-13(10)23/h1-8,14-18,24-25H,21H2. The summed E-state index contributed by atoms with van der Waals surface area (Å²) in [6.45, 7) is 0. The molecule has 2 aromatic heterocycles. The third-order valence-corrected chi connectivity index (χ3v) is 5.06. The fourth-order valence-electron chi connectivity index (χ4n) is 3.35. The molecule has 0 amide bonds. The molecule has 4 N–H and O–H groups in total. The Hall–Kier alpha value is -2.03. The van der Waals surface area contributed by atoms with Gasteiger partial charge in [0, 0.05) is 24.0 Å². The lowest BCUT2D eigenvalue weighted by molar-refractivity contribution is -0.0419. The highest BCUT2D eigenvalue weighted by Gasteiger charge is 2.46. The Morgan fingerprint density at radius 2 is 2.04 bits per heavy atom. The molecule has 5 atom stereocenters. The molecule has 1 aliphatic rings. The molecule has 6 nitrogen and oxygen atoms in total. The number of aliphatic hydroxyl groups is 2. The summed E-state index contributed by atoms with van der Waals surface area (Å²) in [6, 6.07) is 6.97. The lowest BCUT2D eigenvalue weighted by atomic mass is 9.97. The summed E-state index contributed by atoms with van der Waals surface area (Å²) < 4.78 is 21.3. The molecule has 3 heterocycles. The highest BCUT2D eigenvalue weighted by Crippen LogP contribution is 2.37. The Balaban J connectivity index is 1.64. The third kappa shape index (κ3) is 2.78. The zero-order chi connectivity index (χ0) is 18.4. The number of nitrogens with two attached hydrogens (primary N) is 1. The molecule has 26 heavy (non-hydrogen) atoms. The van der Waals surface area contributed by atoms with Crippen molar-refractivity contribution >= 4 is 22.5 Å². The summed E-state index contributed by atoms with van der Waals surface area (Å²) in [5.74, 6) is -0.604. The Kier molecular flexibility index (Phi) is 4.42. The third-order valence-electron chi connectivity index (χ3n) is 4.75. The second-order valence-electron chi connectivity index (χ2n) is 6.33. The van der Waals surface area contributed by atoms with E-state index in [9.17, 15) is 14.6 Å². The molecule has 3 aromatic rings. The first-order chi connectivity index (χ1) is 12.5. The van der Waals surface area contributed by atoms with Crippen molar-refractivity contribution < 1.29 is 19.3 Å². The van der Waals surface area contributed by atoms with Crippen molar-refractivity contribution in [1.82, 2.24) is 9.55 Å². The van der Waals surface area contributed by atoms with Gasteiger partial charge in [-0.1, -0.05) is 17.7 Å². The van der Waals surface area contributed by atoms with E-state index in [2.05, 4.69) is 4.98 Å². The van der Waals surface area contributed by atoms with Crippen LogP contribution in [-0.2, 0) is 4.74 Å². The monoisotopic (exact) mass is 377 g/mol. The number of halogens is 2. The van der Waals surface area contributed by atoms with Gasteiger partial charge in [-0.15, -0.1) is 0 Å². The minimum absolute atomic E-state index is 0.0147. The second kappa shape index (κ2) is 6.61. The van der Waals surface area contributed by atoms with E-state index in [1.165, 1.54) is 12.1 Å². The van der Waals surface area contributed by atoms with E-state index in [-0.39, 0.29) is 5.02 Å². The number of pyridine rings is 1. The smallest absolute Gasteiger partial charge is 0.163 e. The summed E-state index contributed by atoms with van der Waals surface area (Å²) in [5, 5.41) is 21.8. The van der Waals surface area contributed by atoms with Crippen LogP contribution in [0.2, 0.25) is 5.02 Å². The molecule has 0 spiro atoms. The number of nitrogens with zero attached hydrogens (tertiary/aromatic N) is 2. The van der Waals surface area contributed by atoms with E-state index in [1.807, 2.05) is 6.07 Å². The van der Waals surface area contributed by atoms with Crippen molar-refractivity contribution in [3.63, 3.8) is 0 Å². The average Bonchev–Trinajstić information content (AvgIpc) is 3.19. The van der Waals surface area contributed by atoms with Crippen LogP contribution >= 0.6 is 11.6 Å². The highest BCUT2D eigenvalue weighted by atomic mass is 35.5. The van der Waals surface area contributed by atoms with E-state index in [1.54, 1.807) is 35.3 Å². The quantitative estimate of drug-likeness (QED) is 0.650. The van der Waals surface area contributed by atoms with Crippen LogP contribution in [0.3, 0.4) is 0 Å². The van der Waals surface area contributed by atoms with Crippen LogP contribution < -0.4 is 5.73 Å². The number of rotatable bonds is 3. The molecule has 0 aliphatic carbocycles. The van der Waals surface area contributed by atoms with E-state index < -0.39 is 36.4 Å². The summed E-state index contributed by atoms with van der Waals surface area (Å²) in [5.41, 5.74) is 7.40. The predicted octanol–water partition coefficient (Wildman–Crippen LogP) is 2.15. The Labute approximate surface area is 153 Å². The number of hydrogen-bond acceptors (Lipinski definition) is 5. The lowest BCUT2D eigenvalue weighted by Crippen LogP contribution is -2.38. The van der Waals surface area contributed by atoms with Crippen LogP contribution in [0.1, 0.15) is 17.8 Å². The molecule has 1 aliphatic heterocycles. The van der Waals surface area contributed by atoms with Crippen LogP contribution in [0.15, 0.2) is 48.9 Å². The molecule has 0 bridgehead atoms. The molecular formula is C18H17ClFN3O3. The molecule has 8 heteroatoms. The number of hydrogen-bond donors (Lipinski definition) is 3. The Morgan fingerprint density at radius 3 is 2.81 bits per heavy atom. The van der Waals surface area contributed by atoms with Gasteiger partial charge in [0.05, 0.1) is 16.6 Å². The van der Waals surface area contributed by atoms with Crippen molar-refractivity contribution in [2.45, 2.75) is 30.6 Å². The van der Waals surface area contributed by atoms with Crippen LogP contribution in [-0.4, -0.2) is 38.1 Å². The largest absolute Gasteiger partial charge is 0.387 e. The van der Waals surface area contributed by atoms with Crippen LogP contribution in [0.5, 0.6) is 0 Å². The number of fused-ring (bicyclic) bond motifs is 1. The molecule has 0 radical (unpaired) electrons. The van der Waals surface area contributed by atoms with E-state index in [0.717, 1.165) is 10.9 Å². The van der Waals surface area contributed by atoms with Gasteiger partial charge in [0.25, 0.3) is 0 Å². The zero-order valence-electron chi connectivity index (χ0n) is 13.5. The molecule has 5 unspecified atom stereocenters. The topological polar surface area (TPSA) is 93.5 Å². The van der Waals surface area contributed by atoms with E-state index >= 15 is 0 Å². The number of aliphatic hydroxyl groups excluding tert-OH is 2. The predicted molar refractivity (Wildman–Crippen MR) is 94.0 cm³/mol. The number of benzene rings is 1. The van der Waals surface area contributed by atoms with Crippen molar-refractivity contribution in [3.8, 4) is 0 Å². The number of ether oxygens (including phenoxy) is 1. The van der Waals surface area contributed by atoms with Crippen molar-refractivity contribution in [2.75, 3.05) is 0 Å². The molecule has 1 saturated heterocycles. The maximum absolute atomic E-state index is 13.7. The summed E-state index contributed by atoms with van der Waals surface area (Å²) >= 11 is 5.70. The van der Waals surface area contributed by atoms with Gasteiger partial charge in [0.2, 0.25) is 0 Å². The molecule has 136 valence electrons. The van der Waals surface area contributed by atoms with Gasteiger partial charge < -0.3 is 25.3 Å². The van der Waals surface area contributed by atoms with Crippen molar-refractivity contribution in [1.29, 1.82) is 0 Å². The fourth-order valence-corrected chi connectivity index (χ4v) is 3.46. The highest BCUT2D eigenvalue weighted by molar-refractivity contribution is 6.30. The average molecular weight is 378 g/mol. The van der Waals surface area contributed by atoms with Gasteiger partial charge in [-0.2, -0.15) is 0 Å². The normalized spacial score (nSPS) is 27.1. The van der Waals surface area contributed by atoms with Crippen LogP contribution in [0.25, 0.3) is 10.9 Å². The fraction of sp³-hybridized carbons (Fsp3) is 0.278. The molecule has 1 fully saturated rings. The number of aromatic nitrogens is 2. The van der Waals surface area contributed by atoms with E-state index in [0.29, 0.717) is 5.56 Å². The Morgan fingerprint density at radius 1 is 1.23 bits per heavy atom. The maximum atomic E-state index is 13.7. The molecule has 1 aromatic carbocycles. The maximum Gasteiger partial charge on any atom is 0.163 e. The van der Waals surface area contributed by atoms with Gasteiger partial charge >= 0.3 is 0 Å². The molecule has 0 saturated carbocycles. The van der Waals surface area contributed by atoms with Crippen molar-refractivity contribution in [3.05, 3.63) is 65.3 Å². The first-order valence-electron chi connectivity index (χ1n) is 8.10. The zero-order valence-corrected chi connectivity index (χ0v) is 14.3. The van der Waals surface area contributed by atoms with Gasteiger partial charge in [-0.25, -0.2) is 4.39 Å². The van der Waals surface area contributed by atoms with Crippen LogP contribution in [0.4, 0.5) is 4.39 Å². The summed E-state index contributed by atoms with van der Waals surface area (Å²) in [6.07, 6.45) is 0.940. The van der Waals surface area contributed by atoms with E-state index in [4.69, 9.17) is 22.1 Å². The molecular weight excluding hydrogens is 361 g/mol. The second-order valence-corrected chi connectivity index (χ2v) is 6.74. The minimum atomic E-state index is -1.23. The van der Waals surface area contributed by atoms with Gasteiger partial charge in [-0.05, 0) is 29.8 Å². The van der Waals surface area contributed by atoms with Gasteiger partial charge in [-0.3, -0.25) is 4.98 Å². The minimum Gasteiger partial charge on any atom is -0.387 e. The van der Waals surface area contributed by atoms with Crippen molar-refractivity contribution in [2.24, 2.45) is 5.73 Å². The lowest BCUT2D eigenvalue weighted by Gasteiger charge is -2.22. The van der Waals surface area contributed by atoms with Gasteiger partial charge in [0.15, 0.2) is 6.23 Å². The summed E-state index contributed by atoms with van der Waals surface area (Å²) in [4.78, 5) is 4.05.